The van der Waals surface area contributed by atoms with Gasteiger partial charge in [-0.15, -0.1) is 11.3 Å². The van der Waals surface area contributed by atoms with Crippen LogP contribution in [-0.2, 0) is 13.2 Å². The molecule has 136 valence electrons. The first-order valence-electron chi connectivity index (χ1n) is 8.67. The van der Waals surface area contributed by atoms with Crippen LogP contribution in [0.2, 0.25) is 0 Å². The van der Waals surface area contributed by atoms with Gasteiger partial charge in [0.25, 0.3) is 0 Å². The van der Waals surface area contributed by atoms with Gasteiger partial charge in [0.05, 0.1) is 21.8 Å². The van der Waals surface area contributed by atoms with Crippen molar-refractivity contribution >= 4 is 21.6 Å². The van der Waals surface area contributed by atoms with Gasteiger partial charge in [0.2, 0.25) is 11.2 Å². The Bertz CT molecular complexity index is 948. The van der Waals surface area contributed by atoms with E-state index in [1.165, 1.54) is 4.70 Å². The molecule has 0 radical (unpaired) electrons. The number of aliphatic hydroxyl groups excluding tert-OH is 1. The normalized spacial score (nSPS) is 18.4. The number of benzene rings is 1. The summed E-state index contributed by atoms with van der Waals surface area (Å²) in [5.41, 5.74) is 0.513. The summed E-state index contributed by atoms with van der Waals surface area (Å²) in [6.45, 7) is 1.65. The van der Waals surface area contributed by atoms with E-state index < -0.39 is 5.43 Å². The Morgan fingerprint density at radius 3 is 3.00 bits per heavy atom. The number of hydrogen-bond donors (Lipinski definition) is 2. The topological polar surface area (TPSA) is 86.8 Å². The van der Waals surface area contributed by atoms with E-state index >= 15 is 0 Å². The van der Waals surface area contributed by atoms with E-state index in [2.05, 4.69) is 11.0 Å². The van der Waals surface area contributed by atoms with E-state index in [1.54, 1.807) is 11.3 Å². The molecule has 4 rings (SSSR count). The summed E-state index contributed by atoms with van der Waals surface area (Å²) in [5, 5.41) is 20.3. The van der Waals surface area contributed by atoms with Crippen molar-refractivity contribution in [1.29, 1.82) is 0 Å². The van der Waals surface area contributed by atoms with Crippen LogP contribution in [0.1, 0.15) is 35.3 Å². The first-order valence-corrected chi connectivity index (χ1v) is 9.49. The summed E-state index contributed by atoms with van der Waals surface area (Å²) in [4.78, 5) is 18.7. The minimum Gasteiger partial charge on any atom is -0.502 e. The van der Waals surface area contributed by atoms with Crippen molar-refractivity contribution < 1.29 is 14.6 Å². The number of aliphatic hydroxyl groups is 1. The zero-order chi connectivity index (χ0) is 18.1. The van der Waals surface area contributed by atoms with Crippen LogP contribution < -0.4 is 5.43 Å². The summed E-state index contributed by atoms with van der Waals surface area (Å²) < 4.78 is 6.67. The Kier molecular flexibility index (Phi) is 4.76. The lowest BCUT2D eigenvalue weighted by molar-refractivity contribution is 0.172. The fraction of sp³-hybridized carbons (Fsp3) is 0.368. The average molecular weight is 372 g/mol. The van der Waals surface area contributed by atoms with E-state index in [-0.39, 0.29) is 23.9 Å². The number of aromatic hydroxyl groups is 1. The maximum absolute atomic E-state index is 11.8. The van der Waals surface area contributed by atoms with Gasteiger partial charge >= 0.3 is 0 Å². The van der Waals surface area contributed by atoms with Crippen molar-refractivity contribution in [2.45, 2.75) is 31.9 Å². The lowest BCUT2D eigenvalue weighted by Crippen LogP contribution is -2.34. The second kappa shape index (κ2) is 7.19. The van der Waals surface area contributed by atoms with Gasteiger partial charge in [0.15, 0.2) is 5.76 Å². The quantitative estimate of drug-likeness (QED) is 0.732. The molecule has 1 fully saturated rings. The highest BCUT2D eigenvalue weighted by Gasteiger charge is 2.25. The van der Waals surface area contributed by atoms with Crippen LogP contribution in [0.3, 0.4) is 0 Å². The molecule has 0 spiro atoms. The van der Waals surface area contributed by atoms with E-state index in [4.69, 9.17) is 9.40 Å². The van der Waals surface area contributed by atoms with Gasteiger partial charge in [-0.2, -0.15) is 0 Å². The number of piperidine rings is 1. The molecule has 1 saturated heterocycles. The molecule has 3 aromatic rings. The molecule has 6 nitrogen and oxygen atoms in total. The van der Waals surface area contributed by atoms with Crippen LogP contribution in [0.4, 0.5) is 0 Å². The van der Waals surface area contributed by atoms with Crippen LogP contribution in [0, 0.1) is 0 Å². The van der Waals surface area contributed by atoms with Gasteiger partial charge in [-0.05, 0) is 31.5 Å². The number of rotatable bonds is 4. The summed E-state index contributed by atoms with van der Waals surface area (Å²) >= 11 is 1.73. The minimum atomic E-state index is -0.518. The van der Waals surface area contributed by atoms with Crippen molar-refractivity contribution in [3.8, 4) is 5.75 Å². The van der Waals surface area contributed by atoms with Gasteiger partial charge < -0.3 is 14.6 Å². The van der Waals surface area contributed by atoms with Crippen LogP contribution in [0.15, 0.2) is 39.5 Å². The summed E-state index contributed by atoms with van der Waals surface area (Å²) in [6, 6.07) is 9.26. The molecular formula is C19H20N2O4S. The zero-order valence-electron chi connectivity index (χ0n) is 14.2. The largest absolute Gasteiger partial charge is 0.502 e. The van der Waals surface area contributed by atoms with E-state index in [0.717, 1.165) is 42.5 Å². The number of likely N-dealkylation sites (tertiary alicyclic amines) is 1. The van der Waals surface area contributed by atoms with Gasteiger partial charge in [-0.3, -0.25) is 9.69 Å². The number of hydrogen-bond acceptors (Lipinski definition) is 7. The molecule has 1 aromatic carbocycles. The maximum Gasteiger partial charge on any atom is 0.227 e. The highest BCUT2D eigenvalue weighted by atomic mass is 32.1. The fourth-order valence-electron chi connectivity index (χ4n) is 3.44. The molecule has 0 amide bonds. The maximum atomic E-state index is 11.8. The van der Waals surface area contributed by atoms with Crippen LogP contribution in [0.25, 0.3) is 10.2 Å². The third-order valence-electron chi connectivity index (χ3n) is 4.73. The Hall–Kier alpha value is -2.22. The molecule has 1 atom stereocenters. The lowest BCUT2D eigenvalue weighted by Gasteiger charge is -2.31. The highest BCUT2D eigenvalue weighted by Crippen LogP contribution is 2.33. The first kappa shape index (κ1) is 17.2. The molecule has 1 aliphatic rings. The van der Waals surface area contributed by atoms with Crippen molar-refractivity contribution in [1.82, 2.24) is 9.88 Å². The second-order valence-electron chi connectivity index (χ2n) is 6.60. The Morgan fingerprint density at radius 1 is 1.35 bits per heavy atom. The minimum absolute atomic E-state index is 0.169. The summed E-state index contributed by atoms with van der Waals surface area (Å²) in [7, 11) is 0. The SMILES string of the molecule is O=c1cc(CO)oc(CN2CCC[C@@H](c3nc4ccccc4s3)C2)c1O. The molecule has 0 aliphatic carbocycles. The average Bonchev–Trinajstić information content (AvgIpc) is 3.10. The van der Waals surface area contributed by atoms with Gasteiger partial charge in [0, 0.05) is 18.5 Å². The molecule has 0 bridgehead atoms. The van der Waals surface area contributed by atoms with Gasteiger partial charge in [-0.25, -0.2) is 4.98 Å². The van der Waals surface area contributed by atoms with E-state index in [0.29, 0.717) is 12.5 Å². The monoisotopic (exact) mass is 372 g/mol. The van der Waals surface area contributed by atoms with Crippen molar-refractivity contribution in [3.63, 3.8) is 0 Å². The predicted molar refractivity (Wildman–Crippen MR) is 99.4 cm³/mol. The Labute approximate surface area is 154 Å². The highest BCUT2D eigenvalue weighted by molar-refractivity contribution is 7.18. The number of fused-ring (bicyclic) bond motifs is 1. The molecule has 2 N–H and O–H groups in total. The molecule has 7 heteroatoms. The third-order valence-corrected chi connectivity index (χ3v) is 5.93. The van der Waals surface area contributed by atoms with Crippen LogP contribution >= 0.6 is 11.3 Å². The van der Waals surface area contributed by atoms with Crippen molar-refractivity contribution in [2.24, 2.45) is 0 Å². The molecule has 26 heavy (non-hydrogen) atoms. The standard InChI is InChI=1S/C19H20N2O4S/c22-11-13-8-15(23)18(24)16(25-13)10-21-7-3-4-12(9-21)19-20-14-5-1-2-6-17(14)26-19/h1-2,5-6,8,12,22,24H,3-4,7,9-11H2/t12-/m1/s1. The Balaban J connectivity index is 1.54. The number of nitrogens with zero attached hydrogens (tertiary/aromatic N) is 2. The predicted octanol–water partition coefficient (Wildman–Crippen LogP) is 2.83. The molecule has 3 heterocycles. The van der Waals surface area contributed by atoms with Gasteiger partial charge in [-0.1, -0.05) is 12.1 Å². The zero-order valence-corrected chi connectivity index (χ0v) is 15.0. The smallest absolute Gasteiger partial charge is 0.227 e. The third kappa shape index (κ3) is 3.38. The Morgan fingerprint density at radius 2 is 2.19 bits per heavy atom. The molecule has 1 aliphatic heterocycles. The number of aromatic nitrogens is 1. The number of thiazole rings is 1. The molecule has 2 aromatic heterocycles. The lowest BCUT2D eigenvalue weighted by atomic mass is 9.98. The van der Waals surface area contributed by atoms with E-state index in [1.807, 2.05) is 18.2 Å². The van der Waals surface area contributed by atoms with Crippen molar-refractivity contribution in [2.75, 3.05) is 13.1 Å². The first-order chi connectivity index (χ1) is 12.6. The van der Waals surface area contributed by atoms with Gasteiger partial charge in [0.1, 0.15) is 12.4 Å². The number of para-hydroxylation sites is 1. The molecule has 0 unspecified atom stereocenters. The summed E-state index contributed by atoms with van der Waals surface area (Å²) in [6.07, 6.45) is 2.09. The molecular weight excluding hydrogens is 352 g/mol. The van der Waals surface area contributed by atoms with Crippen molar-refractivity contribution in [3.05, 3.63) is 57.1 Å². The van der Waals surface area contributed by atoms with E-state index in [9.17, 15) is 15.0 Å². The second-order valence-corrected chi connectivity index (χ2v) is 7.66. The molecule has 0 saturated carbocycles. The fourth-order valence-corrected chi connectivity index (χ4v) is 4.53. The summed E-state index contributed by atoms with van der Waals surface area (Å²) in [5.74, 6) is 0.342. The van der Waals surface area contributed by atoms with Crippen LogP contribution in [-0.4, -0.2) is 33.2 Å². The van der Waals surface area contributed by atoms with Crippen LogP contribution in [0.5, 0.6) is 5.75 Å².